The molecule has 140 valence electrons. The second-order valence-electron chi connectivity index (χ2n) is 5.19. The van der Waals surface area contributed by atoms with Gasteiger partial charge in [-0.05, 0) is 33.3 Å². The summed E-state index contributed by atoms with van der Waals surface area (Å²) in [6.07, 6.45) is 5.88. The van der Waals surface area contributed by atoms with Gasteiger partial charge in [0.2, 0.25) is 0 Å². The molecule has 0 rings (SSSR count). The summed E-state index contributed by atoms with van der Waals surface area (Å²) in [6, 6.07) is -0.684. The van der Waals surface area contributed by atoms with E-state index in [0.717, 1.165) is 0 Å². The first kappa shape index (κ1) is 26.8. The Hall–Kier alpha value is -2.04. The molecular formula is C19H35NO4. The van der Waals surface area contributed by atoms with Crippen molar-refractivity contribution in [2.24, 2.45) is 0 Å². The maximum atomic E-state index is 11.7. The zero-order valence-electron chi connectivity index (χ0n) is 16.5. The summed E-state index contributed by atoms with van der Waals surface area (Å²) < 4.78 is 5.13. The summed E-state index contributed by atoms with van der Waals surface area (Å²) in [6.45, 7) is 18.7. The number of carboxylic acid groups (broad SMARTS) is 1. The molecule has 1 unspecified atom stereocenters. The lowest BCUT2D eigenvalue weighted by Crippen LogP contribution is -2.41. The minimum Gasteiger partial charge on any atom is -0.481 e. The predicted molar refractivity (Wildman–Crippen MR) is 101 cm³/mol. The van der Waals surface area contributed by atoms with E-state index in [1.54, 1.807) is 39.0 Å². The lowest BCUT2D eigenvalue weighted by atomic mass is 10.0. The third-order valence-corrected chi connectivity index (χ3v) is 2.19. The molecule has 0 saturated carbocycles. The maximum absolute atomic E-state index is 11.7. The number of nitrogens with one attached hydrogen (secondary N) is 1. The molecule has 0 saturated heterocycles. The molecule has 5 heteroatoms. The molecule has 0 fully saturated rings. The van der Waals surface area contributed by atoms with Gasteiger partial charge in [0, 0.05) is 0 Å². The molecule has 24 heavy (non-hydrogen) atoms. The number of alkyl carbamates (subject to hydrolysis) is 1. The van der Waals surface area contributed by atoms with Crippen LogP contribution < -0.4 is 5.32 Å². The third kappa shape index (κ3) is 16.3. The van der Waals surface area contributed by atoms with Gasteiger partial charge in [-0.15, -0.1) is 0 Å². The number of ether oxygens (including phenoxy) is 1. The van der Waals surface area contributed by atoms with Crippen molar-refractivity contribution in [1.82, 2.24) is 5.32 Å². The van der Waals surface area contributed by atoms with Gasteiger partial charge in [-0.25, -0.2) is 4.79 Å². The highest BCUT2D eigenvalue weighted by atomic mass is 16.6. The Labute approximate surface area is 147 Å². The number of carboxylic acids is 1. The van der Waals surface area contributed by atoms with Crippen LogP contribution in [0.15, 0.2) is 36.5 Å². The minimum absolute atomic E-state index is 0.241. The normalized spacial score (nSPS) is 12.1. The molecule has 0 aromatic rings. The van der Waals surface area contributed by atoms with Crippen LogP contribution in [0, 0.1) is 0 Å². The van der Waals surface area contributed by atoms with E-state index in [9.17, 15) is 9.59 Å². The lowest BCUT2D eigenvalue weighted by Gasteiger charge is -2.23. The summed E-state index contributed by atoms with van der Waals surface area (Å²) in [5.74, 6) is -1.01. The number of amides is 1. The predicted octanol–water partition coefficient (Wildman–Crippen LogP) is 5.10. The maximum Gasteiger partial charge on any atom is 0.408 e. The van der Waals surface area contributed by atoms with Crippen LogP contribution in [0.5, 0.6) is 0 Å². The summed E-state index contributed by atoms with van der Waals surface area (Å²) in [7, 11) is 0. The number of hydrogen-bond donors (Lipinski definition) is 2. The van der Waals surface area contributed by atoms with E-state index in [2.05, 4.69) is 11.9 Å². The zero-order chi connectivity index (χ0) is 19.8. The first-order valence-corrected chi connectivity index (χ1v) is 8.36. The van der Waals surface area contributed by atoms with Crippen LogP contribution in [0.1, 0.15) is 61.8 Å². The Bertz CT molecular complexity index is 418. The monoisotopic (exact) mass is 341 g/mol. The second-order valence-corrected chi connectivity index (χ2v) is 5.19. The Morgan fingerprint density at radius 2 is 1.71 bits per heavy atom. The van der Waals surface area contributed by atoms with Crippen LogP contribution in [0.2, 0.25) is 0 Å². The first-order chi connectivity index (χ1) is 11.2. The molecule has 0 bridgehead atoms. The van der Waals surface area contributed by atoms with Crippen molar-refractivity contribution >= 4 is 12.1 Å². The van der Waals surface area contributed by atoms with Crippen molar-refractivity contribution in [3.63, 3.8) is 0 Å². The highest BCUT2D eigenvalue weighted by molar-refractivity contribution is 5.73. The molecule has 1 atom stereocenters. The van der Waals surface area contributed by atoms with Crippen LogP contribution in [-0.2, 0) is 9.53 Å². The number of rotatable bonds is 6. The highest BCUT2D eigenvalue weighted by Crippen LogP contribution is 2.12. The summed E-state index contributed by atoms with van der Waals surface area (Å²) >= 11 is 0. The number of aliphatic carboxylic acids is 1. The van der Waals surface area contributed by atoms with Gasteiger partial charge >= 0.3 is 12.1 Å². The number of carbonyl (C=O) groups is 2. The lowest BCUT2D eigenvalue weighted by molar-refractivity contribution is -0.137. The van der Waals surface area contributed by atoms with Gasteiger partial charge in [-0.2, -0.15) is 0 Å². The van der Waals surface area contributed by atoms with Gasteiger partial charge in [0.25, 0.3) is 0 Å². The Balaban J connectivity index is -0.00000102. The SMILES string of the molecule is C=C/C(=C\C=C/C)C(CC(=O)O)NC(=O)OC(C)(C)C.CC.CC. The molecule has 0 aromatic carbocycles. The van der Waals surface area contributed by atoms with Crippen LogP contribution in [0.4, 0.5) is 4.79 Å². The molecule has 0 aromatic heterocycles. The molecular weight excluding hydrogens is 306 g/mol. The average molecular weight is 341 g/mol. The third-order valence-electron chi connectivity index (χ3n) is 2.19. The van der Waals surface area contributed by atoms with Gasteiger partial charge in [0.15, 0.2) is 0 Å². The summed E-state index contributed by atoms with van der Waals surface area (Å²) in [5.41, 5.74) is -0.0319. The second kappa shape index (κ2) is 15.8. The van der Waals surface area contributed by atoms with E-state index >= 15 is 0 Å². The molecule has 2 N–H and O–H groups in total. The number of allylic oxidation sites excluding steroid dienone is 3. The van der Waals surface area contributed by atoms with Crippen molar-refractivity contribution in [2.75, 3.05) is 0 Å². The zero-order valence-corrected chi connectivity index (χ0v) is 16.5. The molecule has 0 radical (unpaired) electrons. The van der Waals surface area contributed by atoms with E-state index in [4.69, 9.17) is 9.84 Å². The highest BCUT2D eigenvalue weighted by Gasteiger charge is 2.22. The van der Waals surface area contributed by atoms with E-state index in [1.165, 1.54) is 6.08 Å². The van der Waals surface area contributed by atoms with E-state index in [0.29, 0.717) is 5.57 Å². The smallest absolute Gasteiger partial charge is 0.408 e. The van der Waals surface area contributed by atoms with Gasteiger partial charge in [-0.3, -0.25) is 4.79 Å². The fourth-order valence-corrected chi connectivity index (χ4v) is 1.41. The Morgan fingerprint density at radius 3 is 2.04 bits per heavy atom. The van der Waals surface area contributed by atoms with Gasteiger partial charge in [0.05, 0.1) is 12.5 Å². The topological polar surface area (TPSA) is 75.6 Å². The van der Waals surface area contributed by atoms with Crippen LogP contribution in [0.25, 0.3) is 0 Å². The molecule has 0 aliphatic carbocycles. The van der Waals surface area contributed by atoms with Crippen molar-refractivity contribution in [2.45, 2.75) is 73.5 Å². The van der Waals surface area contributed by atoms with Crippen LogP contribution in [0.3, 0.4) is 0 Å². The average Bonchev–Trinajstić information content (AvgIpc) is 2.49. The summed E-state index contributed by atoms with van der Waals surface area (Å²) in [5, 5.41) is 11.5. The Kier molecular flexibility index (Phi) is 17.7. The molecule has 0 spiro atoms. The summed E-state index contributed by atoms with van der Waals surface area (Å²) in [4.78, 5) is 22.6. The largest absolute Gasteiger partial charge is 0.481 e. The molecule has 5 nitrogen and oxygen atoms in total. The number of hydrogen-bond acceptors (Lipinski definition) is 3. The quantitative estimate of drug-likeness (QED) is 0.659. The fraction of sp³-hybridized carbons (Fsp3) is 0.579. The minimum atomic E-state index is -1.01. The van der Waals surface area contributed by atoms with Gasteiger partial charge in [0.1, 0.15) is 5.60 Å². The molecule has 0 aliphatic rings. The fourth-order valence-electron chi connectivity index (χ4n) is 1.41. The van der Waals surface area contributed by atoms with Crippen molar-refractivity contribution in [1.29, 1.82) is 0 Å². The van der Waals surface area contributed by atoms with E-state index in [-0.39, 0.29) is 6.42 Å². The van der Waals surface area contributed by atoms with Gasteiger partial charge < -0.3 is 15.2 Å². The van der Waals surface area contributed by atoms with Gasteiger partial charge in [-0.1, -0.05) is 58.6 Å². The molecule has 1 amide bonds. The van der Waals surface area contributed by atoms with Crippen molar-refractivity contribution < 1.29 is 19.4 Å². The van der Waals surface area contributed by atoms with Crippen LogP contribution >= 0.6 is 0 Å². The van der Waals surface area contributed by atoms with Crippen molar-refractivity contribution in [3.8, 4) is 0 Å². The van der Waals surface area contributed by atoms with Crippen molar-refractivity contribution in [3.05, 3.63) is 36.5 Å². The molecule has 0 aliphatic heterocycles. The van der Waals surface area contributed by atoms with Crippen LogP contribution in [-0.4, -0.2) is 28.8 Å². The number of carbonyl (C=O) groups excluding carboxylic acids is 1. The standard InChI is InChI=1S/C15H23NO4.2C2H6/c1-6-8-9-11(7-2)12(10-13(17)18)16-14(19)20-15(3,4)5;2*1-2/h6-9,12H,2,10H2,1,3-5H3,(H,16,19)(H,17,18);2*1-2H3/b8-6-,11-9+;;. The Morgan fingerprint density at radius 1 is 1.21 bits per heavy atom. The first-order valence-electron chi connectivity index (χ1n) is 8.36. The van der Waals surface area contributed by atoms with E-state index < -0.39 is 23.7 Å². The molecule has 0 heterocycles. The van der Waals surface area contributed by atoms with E-state index in [1.807, 2.05) is 34.6 Å².